The summed E-state index contributed by atoms with van der Waals surface area (Å²) in [6, 6.07) is 5.31. The molecular weight excluding hydrogens is 266 g/mol. The normalized spacial score (nSPS) is 16.1. The number of fused-ring (bicyclic) bond motifs is 1. The molecular formula is C15H18F2O3. The highest BCUT2D eigenvalue weighted by Gasteiger charge is 2.30. The van der Waals surface area contributed by atoms with Gasteiger partial charge in [0.25, 0.3) is 6.43 Å². The second kappa shape index (κ2) is 5.87. The Balaban J connectivity index is 1.92. The Morgan fingerprint density at radius 1 is 1.45 bits per heavy atom. The minimum Gasteiger partial charge on any atom is -0.487 e. The lowest BCUT2D eigenvalue weighted by molar-refractivity contribution is 0.0170. The van der Waals surface area contributed by atoms with E-state index in [1.807, 2.05) is 19.9 Å². The summed E-state index contributed by atoms with van der Waals surface area (Å²) < 4.78 is 34.2. The zero-order chi connectivity index (χ0) is 14.8. The maximum atomic E-state index is 11.9. The molecule has 0 saturated carbocycles. The van der Waals surface area contributed by atoms with Crippen LogP contribution in [0.25, 0.3) is 0 Å². The third-order valence-electron chi connectivity index (χ3n) is 3.10. The molecule has 1 aromatic rings. The molecule has 0 amide bonds. The van der Waals surface area contributed by atoms with Crippen molar-refractivity contribution in [1.82, 2.24) is 0 Å². The summed E-state index contributed by atoms with van der Waals surface area (Å²) in [5, 5.41) is 0. The van der Waals surface area contributed by atoms with Crippen LogP contribution in [0.5, 0.6) is 5.75 Å². The predicted molar refractivity (Wildman–Crippen MR) is 70.6 cm³/mol. The number of hydrogen-bond acceptors (Lipinski definition) is 3. The van der Waals surface area contributed by atoms with Crippen LogP contribution in [0.15, 0.2) is 18.2 Å². The molecule has 1 aliphatic rings. The number of rotatable bonds is 6. The van der Waals surface area contributed by atoms with Crippen LogP contribution in [-0.2, 0) is 11.2 Å². The molecule has 20 heavy (non-hydrogen) atoms. The van der Waals surface area contributed by atoms with Gasteiger partial charge in [0.05, 0.1) is 6.61 Å². The summed E-state index contributed by atoms with van der Waals surface area (Å²) >= 11 is 0. The van der Waals surface area contributed by atoms with Gasteiger partial charge in [-0.25, -0.2) is 8.78 Å². The topological polar surface area (TPSA) is 35.5 Å². The molecule has 110 valence electrons. The van der Waals surface area contributed by atoms with Crippen LogP contribution < -0.4 is 4.74 Å². The van der Waals surface area contributed by atoms with Crippen LogP contribution in [0, 0.1) is 0 Å². The van der Waals surface area contributed by atoms with E-state index in [0.29, 0.717) is 5.56 Å². The summed E-state index contributed by atoms with van der Waals surface area (Å²) in [7, 11) is 0. The standard InChI is InChI=1S/C15H18F2O3/c1-15(2)8-11-7-10(3-4-13(11)20-15)12(18)5-6-19-9-14(16)17/h3-4,7,14H,5-6,8-9H2,1-2H3. The highest BCUT2D eigenvalue weighted by atomic mass is 19.3. The molecule has 0 N–H and O–H groups in total. The van der Waals surface area contributed by atoms with E-state index in [2.05, 4.69) is 0 Å². The Labute approximate surface area is 116 Å². The van der Waals surface area contributed by atoms with E-state index in [4.69, 9.17) is 9.47 Å². The number of alkyl halides is 2. The van der Waals surface area contributed by atoms with Crippen molar-refractivity contribution in [3.63, 3.8) is 0 Å². The summed E-state index contributed by atoms with van der Waals surface area (Å²) in [6.07, 6.45) is -1.63. The van der Waals surface area contributed by atoms with Crippen molar-refractivity contribution < 1.29 is 23.0 Å². The van der Waals surface area contributed by atoms with Gasteiger partial charge in [-0.3, -0.25) is 4.79 Å². The Hall–Kier alpha value is -1.49. The molecule has 3 nitrogen and oxygen atoms in total. The molecule has 1 aromatic carbocycles. The second-order valence-electron chi connectivity index (χ2n) is 5.50. The van der Waals surface area contributed by atoms with E-state index in [-0.39, 0.29) is 24.4 Å². The second-order valence-corrected chi connectivity index (χ2v) is 5.50. The maximum Gasteiger partial charge on any atom is 0.261 e. The van der Waals surface area contributed by atoms with Gasteiger partial charge in [-0.1, -0.05) is 0 Å². The molecule has 0 spiro atoms. The van der Waals surface area contributed by atoms with Crippen molar-refractivity contribution in [2.45, 2.75) is 38.7 Å². The number of hydrogen-bond donors (Lipinski definition) is 0. The molecule has 2 rings (SSSR count). The lowest BCUT2D eigenvalue weighted by Gasteiger charge is -2.16. The molecule has 0 atom stereocenters. The number of ketones is 1. The minimum absolute atomic E-state index is 0.0161. The number of Topliss-reactive ketones (excluding diaryl/α,β-unsaturated/α-hetero) is 1. The van der Waals surface area contributed by atoms with Crippen molar-refractivity contribution in [1.29, 1.82) is 0 Å². The Bertz CT molecular complexity index is 498. The average molecular weight is 284 g/mol. The number of halogens is 2. The maximum absolute atomic E-state index is 11.9. The monoisotopic (exact) mass is 284 g/mol. The highest BCUT2D eigenvalue weighted by Crippen LogP contribution is 2.35. The summed E-state index contributed by atoms with van der Waals surface area (Å²) in [5.41, 5.74) is 1.34. The van der Waals surface area contributed by atoms with Gasteiger partial charge in [-0.2, -0.15) is 0 Å². The lowest BCUT2D eigenvalue weighted by Crippen LogP contribution is -2.24. The van der Waals surface area contributed by atoms with Gasteiger partial charge in [-0.15, -0.1) is 0 Å². The lowest BCUT2D eigenvalue weighted by atomic mass is 9.98. The van der Waals surface area contributed by atoms with E-state index in [1.165, 1.54) is 0 Å². The summed E-state index contributed by atoms with van der Waals surface area (Å²) in [5.74, 6) is 0.701. The third-order valence-corrected chi connectivity index (χ3v) is 3.10. The summed E-state index contributed by atoms with van der Waals surface area (Å²) in [4.78, 5) is 11.9. The highest BCUT2D eigenvalue weighted by molar-refractivity contribution is 5.96. The fourth-order valence-corrected chi connectivity index (χ4v) is 2.26. The van der Waals surface area contributed by atoms with Crippen LogP contribution in [0.1, 0.15) is 36.2 Å². The van der Waals surface area contributed by atoms with Crippen molar-refractivity contribution in [2.75, 3.05) is 13.2 Å². The average Bonchev–Trinajstić information content (AvgIpc) is 2.66. The van der Waals surface area contributed by atoms with Crippen molar-refractivity contribution in [3.05, 3.63) is 29.3 Å². The number of carbonyl (C=O) groups excluding carboxylic acids is 1. The van der Waals surface area contributed by atoms with Gasteiger partial charge in [0, 0.05) is 18.4 Å². The first-order valence-corrected chi connectivity index (χ1v) is 6.58. The molecule has 0 aliphatic carbocycles. The molecule has 0 radical (unpaired) electrons. The zero-order valence-corrected chi connectivity index (χ0v) is 11.6. The van der Waals surface area contributed by atoms with Crippen LogP contribution in [-0.4, -0.2) is 31.0 Å². The SMILES string of the molecule is CC1(C)Cc2cc(C(=O)CCOCC(F)F)ccc2O1. The van der Waals surface area contributed by atoms with Crippen LogP contribution in [0.3, 0.4) is 0 Å². The molecule has 0 saturated heterocycles. The van der Waals surface area contributed by atoms with Crippen LogP contribution >= 0.6 is 0 Å². The molecule has 0 unspecified atom stereocenters. The Kier molecular flexibility index (Phi) is 4.38. The van der Waals surface area contributed by atoms with E-state index in [0.717, 1.165) is 17.7 Å². The van der Waals surface area contributed by atoms with Crippen molar-refractivity contribution in [2.24, 2.45) is 0 Å². The predicted octanol–water partition coefficient (Wildman–Crippen LogP) is 3.25. The third kappa shape index (κ3) is 3.76. The van der Waals surface area contributed by atoms with Crippen LogP contribution in [0.4, 0.5) is 8.78 Å². The first kappa shape index (κ1) is 14.9. The van der Waals surface area contributed by atoms with Gasteiger partial charge in [0.1, 0.15) is 18.0 Å². The fourth-order valence-electron chi connectivity index (χ4n) is 2.26. The molecule has 1 aliphatic heterocycles. The zero-order valence-electron chi connectivity index (χ0n) is 11.6. The Morgan fingerprint density at radius 3 is 2.90 bits per heavy atom. The largest absolute Gasteiger partial charge is 0.487 e. The van der Waals surface area contributed by atoms with Crippen molar-refractivity contribution in [3.8, 4) is 5.75 Å². The first-order chi connectivity index (χ1) is 9.37. The van der Waals surface area contributed by atoms with Gasteiger partial charge < -0.3 is 9.47 Å². The van der Waals surface area contributed by atoms with Crippen LogP contribution in [0.2, 0.25) is 0 Å². The molecule has 0 bridgehead atoms. The first-order valence-electron chi connectivity index (χ1n) is 6.58. The van der Waals surface area contributed by atoms with E-state index >= 15 is 0 Å². The van der Waals surface area contributed by atoms with E-state index < -0.39 is 13.0 Å². The Morgan fingerprint density at radius 2 is 2.20 bits per heavy atom. The fraction of sp³-hybridized carbons (Fsp3) is 0.533. The molecule has 1 heterocycles. The number of ether oxygens (including phenoxy) is 2. The van der Waals surface area contributed by atoms with Gasteiger partial charge in [-0.05, 0) is 37.6 Å². The number of carbonyl (C=O) groups is 1. The quantitative estimate of drug-likeness (QED) is 0.594. The smallest absolute Gasteiger partial charge is 0.261 e. The van der Waals surface area contributed by atoms with Gasteiger partial charge in [0.15, 0.2) is 5.78 Å². The number of benzene rings is 1. The van der Waals surface area contributed by atoms with E-state index in [9.17, 15) is 13.6 Å². The van der Waals surface area contributed by atoms with Gasteiger partial charge >= 0.3 is 0 Å². The molecule has 0 aromatic heterocycles. The minimum atomic E-state index is -2.50. The van der Waals surface area contributed by atoms with Gasteiger partial charge in [0.2, 0.25) is 0 Å². The molecule has 5 heteroatoms. The molecule has 0 fully saturated rings. The van der Waals surface area contributed by atoms with Crippen molar-refractivity contribution >= 4 is 5.78 Å². The van der Waals surface area contributed by atoms with E-state index in [1.54, 1.807) is 12.1 Å². The summed E-state index contributed by atoms with van der Waals surface area (Å²) in [6.45, 7) is 3.38.